The number of methoxy groups -OCH3 is 4. The molecule has 0 amide bonds. The van der Waals surface area contributed by atoms with Crippen molar-refractivity contribution in [2.45, 2.75) is 116 Å². The fourth-order valence-electron chi connectivity index (χ4n) is 6.40. The van der Waals surface area contributed by atoms with Crippen LogP contribution in [0.2, 0.25) is 0 Å². The molecule has 0 saturated carbocycles. The molecule has 2 atom stereocenters. The molecular formula is C44H90N3O12P3. The Labute approximate surface area is 378 Å². The summed E-state index contributed by atoms with van der Waals surface area (Å²) in [6.07, 6.45) is 26.0. The van der Waals surface area contributed by atoms with Crippen LogP contribution in [0.5, 0.6) is 0 Å². The van der Waals surface area contributed by atoms with E-state index < -0.39 is 22.5 Å². The summed E-state index contributed by atoms with van der Waals surface area (Å²) >= 11 is 0. The summed E-state index contributed by atoms with van der Waals surface area (Å²) in [6, 6.07) is 0. The largest absolute Gasteiger partial charge is 0.382 e. The molecule has 0 aromatic carbocycles. The van der Waals surface area contributed by atoms with Crippen LogP contribution in [0.15, 0.2) is 38.9 Å². The zero-order valence-corrected chi connectivity index (χ0v) is 42.3. The van der Waals surface area contributed by atoms with Crippen LogP contribution in [0.1, 0.15) is 116 Å². The lowest BCUT2D eigenvalue weighted by molar-refractivity contribution is 0.0441. The minimum absolute atomic E-state index is 0.217. The van der Waals surface area contributed by atoms with Gasteiger partial charge in [0.1, 0.15) is 0 Å². The van der Waals surface area contributed by atoms with Crippen LogP contribution in [0.3, 0.4) is 0 Å². The van der Waals surface area contributed by atoms with E-state index in [1.807, 2.05) is 12.2 Å². The molecular weight excluding hydrogens is 855 g/mol. The summed E-state index contributed by atoms with van der Waals surface area (Å²) in [6.45, 7) is 13.9. The summed E-state index contributed by atoms with van der Waals surface area (Å²) in [4.78, 5) is 0. The van der Waals surface area contributed by atoms with Gasteiger partial charge in [-0.25, -0.2) is 0 Å². The summed E-state index contributed by atoms with van der Waals surface area (Å²) in [5, 5.41) is 0. The molecule has 1 rings (SSSR count). The Hall–Kier alpha value is -0.310. The van der Waals surface area contributed by atoms with Gasteiger partial charge in [-0.15, -0.1) is 13.2 Å². The summed E-state index contributed by atoms with van der Waals surface area (Å²) in [7, 11) is -2.69. The predicted molar refractivity (Wildman–Crippen MR) is 256 cm³/mol. The van der Waals surface area contributed by atoms with E-state index in [2.05, 4.69) is 13.2 Å². The molecule has 0 N–H and O–H groups in total. The van der Waals surface area contributed by atoms with Gasteiger partial charge in [-0.05, 0) is 38.5 Å². The van der Waals surface area contributed by atoms with Crippen molar-refractivity contribution in [1.29, 1.82) is 0 Å². The Bertz CT molecular complexity index is 1150. The molecule has 0 radical (unpaired) electrons. The Balaban J connectivity index is 3.63. The number of hydrogen-bond acceptors (Lipinski definition) is 15. The summed E-state index contributed by atoms with van der Waals surface area (Å²) in [5.41, 5.74) is 0. The third kappa shape index (κ3) is 32.4. The number of ether oxygens (including phenoxy) is 8. The van der Waals surface area contributed by atoms with E-state index in [9.17, 15) is 0 Å². The maximum absolute atomic E-state index is 6.93. The molecule has 1 heterocycles. The van der Waals surface area contributed by atoms with E-state index in [1.54, 1.807) is 28.4 Å². The first kappa shape index (κ1) is 59.7. The topological polar surface area (TPSA) is 148 Å². The van der Waals surface area contributed by atoms with E-state index in [1.165, 1.54) is 64.2 Å². The third-order valence-electron chi connectivity index (χ3n) is 9.75. The molecule has 0 aromatic rings. The first-order chi connectivity index (χ1) is 30.5. The zero-order valence-electron chi connectivity index (χ0n) is 39.6. The number of rotatable bonds is 50. The van der Waals surface area contributed by atoms with Crippen molar-refractivity contribution < 1.29 is 56.0 Å². The van der Waals surface area contributed by atoms with Crippen molar-refractivity contribution in [3.8, 4) is 0 Å². The van der Waals surface area contributed by atoms with Crippen molar-refractivity contribution in [3.63, 3.8) is 0 Å². The lowest BCUT2D eigenvalue weighted by atomic mass is 10.1. The van der Waals surface area contributed by atoms with Crippen molar-refractivity contribution in [3.05, 3.63) is 25.3 Å². The Morgan fingerprint density at radius 1 is 0.323 bits per heavy atom. The van der Waals surface area contributed by atoms with Crippen molar-refractivity contribution in [2.24, 2.45) is 13.5 Å². The molecule has 0 fully saturated rings. The number of allylic oxidation sites excluding steroid dienone is 2. The third-order valence-corrected chi connectivity index (χ3v) is 20.1. The van der Waals surface area contributed by atoms with Crippen LogP contribution in [-0.4, -0.2) is 146 Å². The average Bonchev–Trinajstić information content (AvgIpc) is 3.27. The molecule has 15 nitrogen and oxygen atoms in total. The van der Waals surface area contributed by atoms with Crippen molar-refractivity contribution in [1.82, 2.24) is 0 Å². The fraction of sp³-hybridized carbons (Fsp3) is 0.909. The average molecular weight is 946 g/mol. The fourth-order valence-corrected chi connectivity index (χ4v) is 18.4. The maximum atomic E-state index is 6.93. The quantitative estimate of drug-likeness (QED) is 0.0325. The Kier molecular flexibility index (Phi) is 41.7. The lowest BCUT2D eigenvalue weighted by Gasteiger charge is -2.35. The van der Waals surface area contributed by atoms with Crippen LogP contribution < -0.4 is 0 Å². The van der Waals surface area contributed by atoms with Gasteiger partial charge < -0.3 is 56.0 Å². The Morgan fingerprint density at radius 3 is 0.952 bits per heavy atom. The van der Waals surface area contributed by atoms with Crippen molar-refractivity contribution in [2.75, 3.05) is 146 Å². The second-order valence-electron chi connectivity index (χ2n) is 15.1. The smallest absolute Gasteiger partial charge is 0.345 e. The monoisotopic (exact) mass is 946 g/mol. The van der Waals surface area contributed by atoms with E-state index in [-0.39, 0.29) is 13.2 Å². The SMILES string of the molecule is C=CCCCCCCCCCCP1(OCCOCCOC)=NP(CCCCCCCCCCC=C)(OCCOCCOC)=NP(OCCOCCOC)(OCCOCCOC)=N1. The maximum Gasteiger partial charge on any atom is 0.345 e. The Morgan fingerprint density at radius 2 is 0.613 bits per heavy atom. The molecule has 2 unspecified atom stereocenters. The number of nitrogens with zero attached hydrogens (tertiary/aromatic N) is 3. The van der Waals surface area contributed by atoms with E-state index in [4.69, 9.17) is 69.5 Å². The van der Waals surface area contributed by atoms with Gasteiger partial charge in [0.15, 0.2) is 0 Å². The molecule has 0 aromatic heterocycles. The normalized spacial score (nSPS) is 18.3. The highest BCUT2D eigenvalue weighted by atomic mass is 31.3. The first-order valence-corrected chi connectivity index (χ1v) is 28.6. The second kappa shape index (κ2) is 43.3. The molecule has 0 aliphatic carbocycles. The van der Waals surface area contributed by atoms with Gasteiger partial charge in [0.25, 0.3) is 0 Å². The first-order valence-electron chi connectivity index (χ1n) is 23.4. The van der Waals surface area contributed by atoms with Crippen LogP contribution in [0.4, 0.5) is 0 Å². The van der Waals surface area contributed by atoms with Crippen LogP contribution in [-0.2, 0) is 56.0 Å². The number of unbranched alkanes of at least 4 members (excludes halogenated alkanes) is 16. The van der Waals surface area contributed by atoms with Gasteiger partial charge in [-0.1, -0.05) is 89.2 Å². The van der Waals surface area contributed by atoms with E-state index in [0.29, 0.717) is 105 Å². The van der Waals surface area contributed by atoms with Gasteiger partial charge in [0.2, 0.25) is 14.9 Å². The highest BCUT2D eigenvalue weighted by molar-refractivity contribution is 7.81. The van der Waals surface area contributed by atoms with Gasteiger partial charge in [0, 0.05) is 40.8 Å². The molecule has 0 saturated heterocycles. The zero-order chi connectivity index (χ0) is 45.0. The minimum Gasteiger partial charge on any atom is -0.382 e. The molecule has 18 heteroatoms. The molecule has 368 valence electrons. The standard InChI is InChI=1S/C44H90N3O12P3/c1-7-9-11-13-15-17-19-21-23-25-43-60(56-39-35-52-31-27-48-3)45-61(57-40-36-53-32-28-49-4,44-26-24-22-20-18-16-14-12-10-8-2)47-62(46-60,58-41-37-54-33-29-50-5)59-42-38-55-34-30-51-6/h7-8H,1-2,9-44H2,3-6H3. The van der Waals surface area contributed by atoms with Crippen LogP contribution >= 0.6 is 22.5 Å². The summed E-state index contributed by atoms with van der Waals surface area (Å²) in [5.74, 6) is 0. The van der Waals surface area contributed by atoms with E-state index >= 15 is 0 Å². The highest BCUT2D eigenvalue weighted by Gasteiger charge is 2.40. The van der Waals surface area contributed by atoms with Crippen molar-refractivity contribution >= 4 is 22.5 Å². The second-order valence-corrected chi connectivity index (χ2v) is 22.8. The number of hydrogen-bond donors (Lipinski definition) is 0. The van der Waals surface area contributed by atoms with Gasteiger partial charge in [-0.3, -0.25) is 0 Å². The van der Waals surface area contributed by atoms with Crippen LogP contribution in [0, 0.1) is 0 Å². The van der Waals surface area contributed by atoms with Gasteiger partial charge >= 0.3 is 7.66 Å². The molecule has 1 aliphatic rings. The highest BCUT2D eigenvalue weighted by Crippen LogP contribution is 2.80. The summed E-state index contributed by atoms with van der Waals surface area (Å²) < 4.78 is 88.2. The molecule has 0 spiro atoms. The van der Waals surface area contributed by atoms with E-state index in [0.717, 1.165) is 51.4 Å². The minimum atomic E-state index is -3.39. The lowest BCUT2D eigenvalue weighted by Crippen LogP contribution is -2.13. The molecule has 62 heavy (non-hydrogen) atoms. The van der Waals surface area contributed by atoms with Gasteiger partial charge in [0.05, 0.1) is 106 Å². The van der Waals surface area contributed by atoms with Crippen LogP contribution in [0.25, 0.3) is 0 Å². The molecule has 0 bridgehead atoms. The predicted octanol–water partition coefficient (Wildman–Crippen LogP) is 12.1. The van der Waals surface area contributed by atoms with Gasteiger partial charge in [-0.2, -0.15) is 13.5 Å². The molecule has 1 aliphatic heterocycles.